The maximum atomic E-state index is 12.1. The molecule has 26 heavy (non-hydrogen) atoms. The van der Waals surface area contributed by atoms with Gasteiger partial charge in [-0.15, -0.1) is 0 Å². The number of benzene rings is 1. The van der Waals surface area contributed by atoms with Crippen LogP contribution < -0.4 is 5.32 Å². The number of hydrogen-bond acceptors (Lipinski definition) is 3. The summed E-state index contributed by atoms with van der Waals surface area (Å²) in [4.78, 5) is 12.1. The van der Waals surface area contributed by atoms with Crippen molar-refractivity contribution in [1.29, 1.82) is 0 Å². The standard InChI is InChI=1S/C18H19Cl2N5O/c1-12-10-13(2)25(22-12)9-7-18(26)21-17-6-8-24(23-17)11-14-15(19)4-3-5-16(14)20/h3-6,8,10H,7,9,11H2,1-2H3,(H,21,23,26). The average molecular weight is 392 g/mol. The first-order valence-corrected chi connectivity index (χ1v) is 8.95. The molecule has 2 aromatic heterocycles. The van der Waals surface area contributed by atoms with E-state index in [1.165, 1.54) is 0 Å². The van der Waals surface area contributed by atoms with Gasteiger partial charge >= 0.3 is 0 Å². The van der Waals surface area contributed by atoms with Gasteiger partial charge in [-0.25, -0.2) is 0 Å². The lowest BCUT2D eigenvalue weighted by Gasteiger charge is -2.07. The lowest BCUT2D eigenvalue weighted by Crippen LogP contribution is -2.16. The van der Waals surface area contributed by atoms with E-state index < -0.39 is 0 Å². The molecule has 3 rings (SSSR count). The Morgan fingerprint density at radius 1 is 1.15 bits per heavy atom. The Bertz CT molecular complexity index is 911. The first-order chi connectivity index (χ1) is 12.4. The Morgan fingerprint density at radius 3 is 2.54 bits per heavy atom. The molecule has 0 radical (unpaired) electrons. The summed E-state index contributed by atoms with van der Waals surface area (Å²) in [7, 11) is 0. The molecule has 136 valence electrons. The molecule has 6 nitrogen and oxygen atoms in total. The number of aromatic nitrogens is 4. The molecular formula is C18H19Cl2N5O. The third-order valence-corrected chi connectivity index (χ3v) is 4.65. The number of hydrogen-bond donors (Lipinski definition) is 1. The van der Waals surface area contributed by atoms with Crippen molar-refractivity contribution in [2.75, 3.05) is 5.32 Å². The zero-order chi connectivity index (χ0) is 18.7. The van der Waals surface area contributed by atoms with Crippen molar-refractivity contribution in [3.8, 4) is 0 Å². The number of amides is 1. The van der Waals surface area contributed by atoms with Crippen LogP contribution in [0.15, 0.2) is 36.5 Å². The fourth-order valence-electron chi connectivity index (χ4n) is 2.68. The number of rotatable bonds is 6. The van der Waals surface area contributed by atoms with Crippen LogP contribution in [0.5, 0.6) is 0 Å². The van der Waals surface area contributed by atoms with Gasteiger partial charge in [0.2, 0.25) is 5.91 Å². The van der Waals surface area contributed by atoms with E-state index in [2.05, 4.69) is 15.5 Å². The maximum Gasteiger partial charge on any atom is 0.227 e. The molecule has 0 bridgehead atoms. The average Bonchev–Trinajstić information content (AvgIpc) is 3.15. The Balaban J connectivity index is 1.58. The molecule has 0 unspecified atom stereocenters. The van der Waals surface area contributed by atoms with Crippen LogP contribution in [0.25, 0.3) is 0 Å². The Morgan fingerprint density at radius 2 is 1.88 bits per heavy atom. The van der Waals surface area contributed by atoms with Gasteiger partial charge in [-0.2, -0.15) is 10.2 Å². The normalized spacial score (nSPS) is 10.9. The number of carbonyl (C=O) groups is 1. The molecule has 0 fully saturated rings. The molecule has 8 heteroatoms. The van der Waals surface area contributed by atoms with Crippen molar-refractivity contribution in [2.45, 2.75) is 33.4 Å². The molecule has 2 heterocycles. The fraction of sp³-hybridized carbons (Fsp3) is 0.278. The van der Waals surface area contributed by atoms with E-state index in [-0.39, 0.29) is 5.91 Å². The molecule has 0 atom stereocenters. The molecule has 0 spiro atoms. The van der Waals surface area contributed by atoms with E-state index in [9.17, 15) is 4.79 Å². The van der Waals surface area contributed by atoms with E-state index in [0.717, 1.165) is 17.0 Å². The predicted molar refractivity (Wildman–Crippen MR) is 103 cm³/mol. The first kappa shape index (κ1) is 18.5. The van der Waals surface area contributed by atoms with Gasteiger partial charge in [-0.1, -0.05) is 29.3 Å². The largest absolute Gasteiger partial charge is 0.309 e. The van der Waals surface area contributed by atoms with Crippen LogP contribution in [0.3, 0.4) is 0 Å². The summed E-state index contributed by atoms with van der Waals surface area (Å²) >= 11 is 12.4. The van der Waals surface area contributed by atoms with Crippen LogP contribution in [0, 0.1) is 13.8 Å². The minimum Gasteiger partial charge on any atom is -0.309 e. The summed E-state index contributed by atoms with van der Waals surface area (Å²) in [5, 5.41) is 12.7. The van der Waals surface area contributed by atoms with Crippen LogP contribution in [-0.4, -0.2) is 25.5 Å². The van der Waals surface area contributed by atoms with Crippen molar-refractivity contribution in [2.24, 2.45) is 0 Å². The van der Waals surface area contributed by atoms with Crippen molar-refractivity contribution in [3.05, 3.63) is 63.5 Å². The van der Waals surface area contributed by atoms with Crippen molar-refractivity contribution in [3.63, 3.8) is 0 Å². The van der Waals surface area contributed by atoms with E-state index in [4.69, 9.17) is 23.2 Å². The molecule has 0 saturated carbocycles. The maximum absolute atomic E-state index is 12.1. The molecular weight excluding hydrogens is 373 g/mol. The van der Waals surface area contributed by atoms with E-state index in [0.29, 0.717) is 35.4 Å². The minimum atomic E-state index is -0.112. The van der Waals surface area contributed by atoms with Crippen LogP contribution in [-0.2, 0) is 17.9 Å². The van der Waals surface area contributed by atoms with Crippen LogP contribution in [0.2, 0.25) is 10.0 Å². The highest BCUT2D eigenvalue weighted by Crippen LogP contribution is 2.25. The monoisotopic (exact) mass is 391 g/mol. The Kier molecular flexibility index (Phi) is 5.64. The Labute approximate surface area is 161 Å². The highest BCUT2D eigenvalue weighted by atomic mass is 35.5. The van der Waals surface area contributed by atoms with Crippen LogP contribution in [0.1, 0.15) is 23.4 Å². The third kappa shape index (κ3) is 4.45. The molecule has 0 aliphatic carbocycles. The summed E-state index contributed by atoms with van der Waals surface area (Å²) in [5.41, 5.74) is 2.78. The van der Waals surface area contributed by atoms with Gasteiger partial charge in [0.25, 0.3) is 0 Å². The second-order valence-electron chi connectivity index (χ2n) is 6.05. The van der Waals surface area contributed by atoms with Gasteiger partial charge in [0.1, 0.15) is 0 Å². The number of anilines is 1. The van der Waals surface area contributed by atoms with Crippen molar-refractivity contribution < 1.29 is 4.79 Å². The van der Waals surface area contributed by atoms with Gasteiger partial charge in [-0.3, -0.25) is 14.2 Å². The molecule has 1 N–H and O–H groups in total. The van der Waals surface area contributed by atoms with E-state index in [1.807, 2.05) is 24.6 Å². The molecule has 1 amide bonds. The molecule has 0 aliphatic heterocycles. The third-order valence-electron chi connectivity index (χ3n) is 3.94. The highest BCUT2D eigenvalue weighted by Gasteiger charge is 2.10. The van der Waals surface area contributed by atoms with Gasteiger partial charge in [0, 0.05) is 46.5 Å². The fourth-order valence-corrected chi connectivity index (χ4v) is 3.19. The smallest absolute Gasteiger partial charge is 0.227 e. The predicted octanol–water partition coefficient (Wildman–Crippen LogP) is 4.08. The Hall–Kier alpha value is -2.31. The van der Waals surface area contributed by atoms with E-state index >= 15 is 0 Å². The summed E-state index contributed by atoms with van der Waals surface area (Å²) in [5.74, 6) is 0.380. The number of halogens is 2. The van der Waals surface area contributed by atoms with Crippen LogP contribution in [0.4, 0.5) is 5.82 Å². The SMILES string of the molecule is Cc1cc(C)n(CCC(=O)Nc2ccn(Cc3c(Cl)cccc3Cl)n2)n1. The number of nitrogens with zero attached hydrogens (tertiary/aromatic N) is 4. The molecule has 1 aromatic carbocycles. The number of aryl methyl sites for hydroxylation is 3. The molecule has 3 aromatic rings. The second-order valence-corrected chi connectivity index (χ2v) is 6.86. The van der Waals surface area contributed by atoms with Crippen molar-refractivity contribution in [1.82, 2.24) is 19.6 Å². The molecule has 0 saturated heterocycles. The second kappa shape index (κ2) is 7.93. The summed E-state index contributed by atoms with van der Waals surface area (Å²) in [6.45, 7) is 4.86. The summed E-state index contributed by atoms with van der Waals surface area (Å²) in [6.07, 6.45) is 2.10. The summed E-state index contributed by atoms with van der Waals surface area (Å²) in [6, 6.07) is 9.10. The lowest BCUT2D eigenvalue weighted by atomic mass is 10.2. The highest BCUT2D eigenvalue weighted by molar-refractivity contribution is 6.35. The lowest BCUT2D eigenvalue weighted by molar-refractivity contribution is -0.116. The molecule has 0 aliphatic rings. The topological polar surface area (TPSA) is 64.7 Å². The van der Waals surface area contributed by atoms with E-state index in [1.54, 1.807) is 35.1 Å². The quantitative estimate of drug-likeness (QED) is 0.688. The minimum absolute atomic E-state index is 0.112. The van der Waals surface area contributed by atoms with Crippen molar-refractivity contribution >= 4 is 34.9 Å². The van der Waals surface area contributed by atoms with Crippen LogP contribution >= 0.6 is 23.2 Å². The van der Waals surface area contributed by atoms with Gasteiger partial charge < -0.3 is 5.32 Å². The van der Waals surface area contributed by atoms with Gasteiger partial charge in [0.15, 0.2) is 5.82 Å². The zero-order valence-electron chi connectivity index (χ0n) is 14.5. The number of carbonyl (C=O) groups excluding carboxylic acids is 1. The summed E-state index contributed by atoms with van der Waals surface area (Å²) < 4.78 is 3.51. The van der Waals surface area contributed by atoms with Gasteiger partial charge in [0.05, 0.1) is 12.2 Å². The first-order valence-electron chi connectivity index (χ1n) is 8.19. The van der Waals surface area contributed by atoms with Gasteiger partial charge in [-0.05, 0) is 32.0 Å². The number of nitrogens with one attached hydrogen (secondary N) is 1. The zero-order valence-corrected chi connectivity index (χ0v) is 16.1.